The molecule has 0 spiro atoms. The van der Waals surface area contributed by atoms with Crippen LogP contribution < -0.4 is 14.4 Å². The lowest BCUT2D eigenvalue weighted by Crippen LogP contribution is -2.53. The first kappa shape index (κ1) is 32.2. The third-order valence-electron chi connectivity index (χ3n) is 6.73. The Kier molecular flexibility index (Phi) is 11.5. The zero-order valence-corrected chi connectivity index (χ0v) is 25.8. The maximum Gasteiger partial charge on any atom is 0.264 e. The lowest BCUT2D eigenvalue weighted by molar-refractivity contribution is -0.140. The van der Waals surface area contributed by atoms with Gasteiger partial charge in [0.05, 0.1) is 17.7 Å². The van der Waals surface area contributed by atoms with Crippen LogP contribution in [0.25, 0.3) is 0 Å². The van der Waals surface area contributed by atoms with Crippen molar-refractivity contribution in [1.29, 1.82) is 0 Å². The van der Waals surface area contributed by atoms with Gasteiger partial charge in [0.25, 0.3) is 10.0 Å². The zero-order chi connectivity index (χ0) is 30.2. The molecule has 0 radical (unpaired) electrons. The smallest absolute Gasteiger partial charge is 0.264 e. The molecule has 3 aromatic carbocycles. The predicted octanol–water partition coefficient (Wildman–Crippen LogP) is 5.92. The van der Waals surface area contributed by atoms with Gasteiger partial charge in [0.1, 0.15) is 18.3 Å². The third kappa shape index (κ3) is 8.15. The van der Waals surface area contributed by atoms with E-state index in [1.165, 1.54) is 48.4 Å². The van der Waals surface area contributed by atoms with E-state index in [-0.39, 0.29) is 29.1 Å². The summed E-state index contributed by atoms with van der Waals surface area (Å²) in [4.78, 5) is 28.8. The molecule has 0 bridgehead atoms. The van der Waals surface area contributed by atoms with Crippen molar-refractivity contribution in [2.45, 2.75) is 57.1 Å². The Labute approximate surface area is 252 Å². The van der Waals surface area contributed by atoms with Crippen molar-refractivity contribution in [3.05, 3.63) is 88.4 Å². The van der Waals surface area contributed by atoms with Crippen LogP contribution in [0.2, 0.25) is 10.0 Å². The standard InChI is InChI=1S/C30H35Cl2N3O5S/c1-5-21(3)33-30(37)28(6-2)34(19-22-9-7-8-10-27(22)32)29(36)20-35(24-13-11-23(31)12-14-24)41(38,39)26-17-15-25(40-4)16-18-26/h7-18,21,28H,5-6,19-20H2,1-4H3,(H,33,37)/t21-,28-/m0/s1. The van der Waals surface area contributed by atoms with Crippen molar-refractivity contribution in [3.8, 4) is 5.75 Å². The summed E-state index contributed by atoms with van der Waals surface area (Å²) in [5.74, 6) is -0.400. The van der Waals surface area contributed by atoms with Gasteiger partial charge in [-0.15, -0.1) is 0 Å². The molecular weight excluding hydrogens is 585 g/mol. The summed E-state index contributed by atoms with van der Waals surface area (Å²) in [6.07, 6.45) is 1.02. The van der Waals surface area contributed by atoms with Crippen molar-refractivity contribution in [2.24, 2.45) is 0 Å². The van der Waals surface area contributed by atoms with Crippen molar-refractivity contribution >= 4 is 50.7 Å². The minimum Gasteiger partial charge on any atom is -0.497 e. The number of carbonyl (C=O) groups excluding carboxylic acids is 2. The maximum atomic E-state index is 14.1. The number of methoxy groups -OCH3 is 1. The molecule has 0 aliphatic rings. The highest BCUT2D eigenvalue weighted by Crippen LogP contribution is 2.28. The van der Waals surface area contributed by atoms with Gasteiger partial charge < -0.3 is 15.0 Å². The molecule has 0 aliphatic carbocycles. The topological polar surface area (TPSA) is 96.0 Å². The van der Waals surface area contributed by atoms with Gasteiger partial charge in [-0.3, -0.25) is 13.9 Å². The van der Waals surface area contributed by atoms with Crippen LogP contribution in [0.1, 0.15) is 39.2 Å². The molecule has 0 heterocycles. The van der Waals surface area contributed by atoms with Crippen LogP contribution in [0.5, 0.6) is 5.75 Å². The molecule has 3 aromatic rings. The zero-order valence-electron chi connectivity index (χ0n) is 23.5. The summed E-state index contributed by atoms with van der Waals surface area (Å²) in [7, 11) is -2.73. The predicted molar refractivity (Wildman–Crippen MR) is 163 cm³/mol. The molecule has 11 heteroatoms. The van der Waals surface area contributed by atoms with Gasteiger partial charge in [-0.05, 0) is 79.9 Å². The SMILES string of the molecule is CC[C@H](C)NC(=O)[C@H](CC)N(Cc1ccccc1Cl)C(=O)CN(c1ccc(Cl)cc1)S(=O)(=O)c1ccc(OC)cc1. The number of sulfonamides is 1. The minimum atomic E-state index is -4.22. The Morgan fingerprint density at radius 1 is 0.927 bits per heavy atom. The summed E-state index contributed by atoms with van der Waals surface area (Å²) in [5.41, 5.74) is 0.877. The summed E-state index contributed by atoms with van der Waals surface area (Å²) in [6.45, 7) is 5.09. The van der Waals surface area contributed by atoms with Crippen LogP contribution in [0.3, 0.4) is 0 Å². The third-order valence-corrected chi connectivity index (χ3v) is 9.14. The number of anilines is 1. The van der Waals surface area contributed by atoms with Gasteiger partial charge in [0.15, 0.2) is 0 Å². The van der Waals surface area contributed by atoms with Crippen molar-refractivity contribution in [2.75, 3.05) is 18.0 Å². The molecule has 0 saturated heterocycles. The van der Waals surface area contributed by atoms with E-state index in [2.05, 4.69) is 5.32 Å². The monoisotopic (exact) mass is 619 g/mol. The highest BCUT2D eigenvalue weighted by atomic mass is 35.5. The van der Waals surface area contributed by atoms with Crippen LogP contribution in [-0.2, 0) is 26.2 Å². The average molecular weight is 621 g/mol. The Morgan fingerprint density at radius 3 is 2.12 bits per heavy atom. The average Bonchev–Trinajstić information content (AvgIpc) is 2.97. The summed E-state index contributed by atoms with van der Waals surface area (Å²) in [5, 5.41) is 3.80. The van der Waals surface area contributed by atoms with E-state index in [1.807, 2.05) is 13.8 Å². The van der Waals surface area contributed by atoms with E-state index in [0.717, 1.165) is 4.31 Å². The molecule has 2 amide bonds. The summed E-state index contributed by atoms with van der Waals surface area (Å²) < 4.78 is 34.0. The van der Waals surface area contributed by atoms with E-state index in [4.69, 9.17) is 27.9 Å². The van der Waals surface area contributed by atoms with Gasteiger partial charge in [0.2, 0.25) is 11.8 Å². The second kappa shape index (κ2) is 14.6. The van der Waals surface area contributed by atoms with Crippen LogP contribution in [0, 0.1) is 0 Å². The van der Waals surface area contributed by atoms with Crippen molar-refractivity contribution in [3.63, 3.8) is 0 Å². The first-order valence-electron chi connectivity index (χ1n) is 13.3. The van der Waals surface area contributed by atoms with E-state index in [1.54, 1.807) is 43.3 Å². The normalized spacial score (nSPS) is 12.7. The molecule has 3 rings (SSSR count). The summed E-state index contributed by atoms with van der Waals surface area (Å²) in [6, 6.07) is 18.1. The van der Waals surface area contributed by atoms with Crippen LogP contribution in [0.15, 0.2) is 77.7 Å². The Morgan fingerprint density at radius 2 is 1.56 bits per heavy atom. The molecule has 41 heavy (non-hydrogen) atoms. The molecule has 2 atom stereocenters. The number of ether oxygens (including phenoxy) is 1. The molecule has 1 N–H and O–H groups in total. The fraction of sp³-hybridized carbons (Fsp3) is 0.333. The highest BCUT2D eigenvalue weighted by molar-refractivity contribution is 7.92. The fourth-order valence-corrected chi connectivity index (χ4v) is 5.92. The molecular formula is C30H35Cl2N3O5S. The number of nitrogens with one attached hydrogen (secondary N) is 1. The summed E-state index contributed by atoms with van der Waals surface area (Å²) >= 11 is 12.5. The molecule has 0 aromatic heterocycles. The van der Waals surface area contributed by atoms with Gasteiger partial charge in [-0.25, -0.2) is 8.42 Å². The van der Waals surface area contributed by atoms with Crippen LogP contribution in [0.4, 0.5) is 5.69 Å². The largest absolute Gasteiger partial charge is 0.497 e. The van der Waals surface area contributed by atoms with Crippen molar-refractivity contribution < 1.29 is 22.7 Å². The number of hydrogen-bond donors (Lipinski definition) is 1. The lowest BCUT2D eigenvalue weighted by atomic mass is 10.1. The Balaban J connectivity index is 2.06. The maximum absolute atomic E-state index is 14.1. The van der Waals surface area contributed by atoms with Crippen molar-refractivity contribution in [1.82, 2.24) is 10.2 Å². The van der Waals surface area contributed by atoms with E-state index >= 15 is 0 Å². The van der Waals surface area contributed by atoms with Crippen LogP contribution >= 0.6 is 23.2 Å². The highest BCUT2D eigenvalue weighted by Gasteiger charge is 2.34. The number of halogens is 2. The molecule has 0 unspecified atom stereocenters. The number of amides is 2. The minimum absolute atomic E-state index is 0.0159. The van der Waals surface area contributed by atoms with E-state index in [0.29, 0.717) is 34.2 Å². The van der Waals surface area contributed by atoms with E-state index < -0.39 is 28.5 Å². The Hall–Kier alpha value is -3.27. The van der Waals surface area contributed by atoms with Gasteiger partial charge in [-0.2, -0.15) is 0 Å². The quantitative estimate of drug-likeness (QED) is 0.256. The Bertz CT molecular complexity index is 1430. The number of carbonyl (C=O) groups is 2. The second-order valence-corrected chi connectivity index (χ2v) is 12.2. The number of hydrogen-bond acceptors (Lipinski definition) is 5. The van der Waals surface area contributed by atoms with E-state index in [9.17, 15) is 18.0 Å². The molecule has 220 valence electrons. The molecule has 0 fully saturated rings. The first-order chi connectivity index (χ1) is 19.5. The number of rotatable bonds is 13. The van der Waals surface area contributed by atoms with Gasteiger partial charge >= 0.3 is 0 Å². The van der Waals surface area contributed by atoms with Crippen LogP contribution in [-0.4, -0.2) is 50.9 Å². The number of nitrogens with zero attached hydrogens (tertiary/aromatic N) is 2. The number of benzene rings is 3. The molecule has 0 saturated carbocycles. The second-order valence-electron chi connectivity index (χ2n) is 9.52. The van der Waals surface area contributed by atoms with Gasteiger partial charge in [-0.1, -0.05) is 55.2 Å². The molecule has 0 aliphatic heterocycles. The lowest BCUT2D eigenvalue weighted by Gasteiger charge is -2.34. The first-order valence-corrected chi connectivity index (χ1v) is 15.5. The molecule has 8 nitrogen and oxygen atoms in total. The van der Waals surface area contributed by atoms with Gasteiger partial charge in [0, 0.05) is 22.6 Å². The fourth-order valence-electron chi connectivity index (χ4n) is 4.18.